The van der Waals surface area contributed by atoms with Gasteiger partial charge in [-0.05, 0) is 48.2 Å². The third-order valence-electron chi connectivity index (χ3n) is 4.60. The van der Waals surface area contributed by atoms with Gasteiger partial charge in [0, 0.05) is 27.2 Å². The van der Waals surface area contributed by atoms with Gasteiger partial charge < -0.3 is 25.0 Å². The number of carbonyl (C=O) groups is 1. The maximum absolute atomic E-state index is 11.9. The van der Waals surface area contributed by atoms with Gasteiger partial charge in [-0.3, -0.25) is 4.79 Å². The number of aliphatic imine (C=N–C) groups is 1. The molecule has 0 aliphatic heterocycles. The van der Waals surface area contributed by atoms with Crippen LogP contribution in [-0.4, -0.2) is 64.7 Å². The number of ether oxygens (including phenoxy) is 2. The molecule has 2 aromatic rings. The number of halogens is 1. The molecule has 2 aromatic carbocycles. The van der Waals surface area contributed by atoms with Crippen molar-refractivity contribution in [2.45, 2.75) is 12.8 Å². The fourth-order valence-corrected chi connectivity index (χ4v) is 2.70. The van der Waals surface area contributed by atoms with Crippen LogP contribution in [-0.2, 0) is 17.6 Å². The molecule has 170 valence electrons. The molecule has 1 amide bonds. The summed E-state index contributed by atoms with van der Waals surface area (Å²) < 4.78 is 10.4. The number of nitrogens with one attached hydrogen (secondary N) is 2. The lowest BCUT2D eigenvalue weighted by atomic mass is 10.1. The number of benzene rings is 2. The van der Waals surface area contributed by atoms with E-state index in [1.54, 1.807) is 28.3 Å². The summed E-state index contributed by atoms with van der Waals surface area (Å²) >= 11 is 0. The molecule has 0 aliphatic carbocycles. The molecule has 0 saturated heterocycles. The summed E-state index contributed by atoms with van der Waals surface area (Å²) in [4.78, 5) is 17.9. The van der Waals surface area contributed by atoms with Crippen molar-refractivity contribution >= 4 is 35.8 Å². The molecule has 0 unspecified atom stereocenters. The van der Waals surface area contributed by atoms with Gasteiger partial charge in [-0.15, -0.1) is 24.0 Å². The van der Waals surface area contributed by atoms with E-state index in [0.717, 1.165) is 24.3 Å². The van der Waals surface area contributed by atoms with Crippen LogP contribution in [0, 0.1) is 0 Å². The number of amides is 1. The molecule has 0 heterocycles. The van der Waals surface area contributed by atoms with Gasteiger partial charge in [-0.25, -0.2) is 4.99 Å². The molecule has 0 fully saturated rings. The summed E-state index contributed by atoms with van der Waals surface area (Å²) in [7, 11) is 6.77. The summed E-state index contributed by atoms with van der Waals surface area (Å²) in [6.07, 6.45) is 1.68. The molecule has 0 saturated carbocycles. The quantitative estimate of drug-likeness (QED) is 0.276. The van der Waals surface area contributed by atoms with Gasteiger partial charge in [0.2, 0.25) is 5.91 Å². The average molecular weight is 540 g/mol. The number of guanidine groups is 1. The van der Waals surface area contributed by atoms with Crippen LogP contribution in [0.25, 0.3) is 0 Å². The second-order valence-corrected chi connectivity index (χ2v) is 7.00. The Morgan fingerprint density at radius 2 is 1.26 bits per heavy atom. The zero-order valence-corrected chi connectivity index (χ0v) is 21.0. The molecular formula is C23H33IN4O3. The van der Waals surface area contributed by atoms with Crippen molar-refractivity contribution in [1.82, 2.24) is 15.5 Å². The minimum Gasteiger partial charge on any atom is -0.497 e. The Balaban J connectivity index is 0.00000480. The van der Waals surface area contributed by atoms with Crippen molar-refractivity contribution in [3.8, 4) is 11.5 Å². The number of nitrogens with zero attached hydrogens (tertiary/aromatic N) is 2. The van der Waals surface area contributed by atoms with Crippen molar-refractivity contribution in [1.29, 1.82) is 0 Å². The lowest BCUT2D eigenvalue weighted by Crippen LogP contribution is -2.40. The third kappa shape index (κ3) is 9.91. The Bertz CT molecular complexity index is 753. The standard InChI is InChI=1S/C23H32N4O3.HI/c1-27(2)22(28)17-26-23(24-15-13-18-5-9-20(29-3)10-6-18)25-16-14-19-7-11-21(30-4)12-8-19;/h5-12H,13-17H2,1-4H3,(H2,24,25,26);1H. The molecular weight excluding hydrogens is 507 g/mol. The summed E-state index contributed by atoms with van der Waals surface area (Å²) in [5, 5.41) is 6.63. The van der Waals surface area contributed by atoms with Gasteiger partial charge in [-0.1, -0.05) is 24.3 Å². The average Bonchev–Trinajstić information content (AvgIpc) is 2.77. The van der Waals surface area contributed by atoms with Crippen LogP contribution < -0.4 is 20.1 Å². The molecule has 0 bridgehead atoms. The van der Waals surface area contributed by atoms with Gasteiger partial charge in [0.15, 0.2) is 5.96 Å². The summed E-state index contributed by atoms with van der Waals surface area (Å²) in [5.41, 5.74) is 2.40. The molecule has 0 spiro atoms. The van der Waals surface area contributed by atoms with E-state index in [9.17, 15) is 4.79 Å². The van der Waals surface area contributed by atoms with Gasteiger partial charge in [0.25, 0.3) is 0 Å². The predicted octanol–water partition coefficient (Wildman–Crippen LogP) is 2.73. The largest absolute Gasteiger partial charge is 0.497 e. The number of methoxy groups -OCH3 is 2. The molecule has 0 atom stereocenters. The van der Waals surface area contributed by atoms with Crippen molar-refractivity contribution in [3.63, 3.8) is 0 Å². The first kappa shape index (κ1) is 26.5. The normalized spacial score (nSPS) is 9.81. The van der Waals surface area contributed by atoms with Crippen molar-refractivity contribution in [3.05, 3.63) is 59.7 Å². The summed E-state index contributed by atoms with van der Waals surface area (Å²) in [5.74, 6) is 2.28. The highest BCUT2D eigenvalue weighted by molar-refractivity contribution is 14.0. The Morgan fingerprint density at radius 3 is 1.61 bits per heavy atom. The van der Waals surface area contributed by atoms with Crippen LogP contribution in [0.4, 0.5) is 0 Å². The Labute approximate surface area is 202 Å². The molecule has 0 radical (unpaired) electrons. The molecule has 0 aromatic heterocycles. The third-order valence-corrected chi connectivity index (χ3v) is 4.60. The molecule has 31 heavy (non-hydrogen) atoms. The van der Waals surface area contributed by atoms with E-state index in [1.807, 2.05) is 48.5 Å². The molecule has 2 N–H and O–H groups in total. The predicted molar refractivity (Wildman–Crippen MR) is 136 cm³/mol. The lowest BCUT2D eigenvalue weighted by molar-refractivity contribution is -0.127. The second kappa shape index (κ2) is 14.5. The minimum absolute atomic E-state index is 0. The van der Waals surface area contributed by atoms with Gasteiger partial charge >= 0.3 is 0 Å². The van der Waals surface area contributed by atoms with Gasteiger partial charge in [0.1, 0.15) is 18.0 Å². The van der Waals surface area contributed by atoms with Crippen molar-refractivity contribution in [2.24, 2.45) is 4.99 Å². The number of hydrogen-bond acceptors (Lipinski definition) is 4. The Morgan fingerprint density at radius 1 is 0.839 bits per heavy atom. The highest BCUT2D eigenvalue weighted by Crippen LogP contribution is 2.12. The zero-order valence-electron chi connectivity index (χ0n) is 18.7. The number of rotatable bonds is 10. The highest BCUT2D eigenvalue weighted by Gasteiger charge is 2.05. The van der Waals surface area contributed by atoms with E-state index in [4.69, 9.17) is 9.47 Å². The Hall–Kier alpha value is -2.49. The van der Waals surface area contributed by atoms with E-state index in [0.29, 0.717) is 19.0 Å². The summed E-state index contributed by atoms with van der Waals surface area (Å²) in [6, 6.07) is 16.0. The van der Waals surface area contributed by atoms with Crippen LogP contribution >= 0.6 is 24.0 Å². The van der Waals surface area contributed by atoms with Crippen LogP contribution in [0.3, 0.4) is 0 Å². The van der Waals surface area contributed by atoms with Gasteiger partial charge in [0.05, 0.1) is 14.2 Å². The number of hydrogen-bond donors (Lipinski definition) is 2. The van der Waals surface area contributed by atoms with Crippen LogP contribution in [0.5, 0.6) is 11.5 Å². The van der Waals surface area contributed by atoms with Crippen LogP contribution in [0.1, 0.15) is 11.1 Å². The van der Waals surface area contributed by atoms with Gasteiger partial charge in [-0.2, -0.15) is 0 Å². The van der Waals surface area contributed by atoms with Crippen LogP contribution in [0.2, 0.25) is 0 Å². The monoisotopic (exact) mass is 540 g/mol. The first-order valence-corrected chi connectivity index (χ1v) is 10.00. The van der Waals surface area contributed by atoms with Crippen molar-refractivity contribution < 1.29 is 14.3 Å². The van der Waals surface area contributed by atoms with Crippen LogP contribution in [0.15, 0.2) is 53.5 Å². The van der Waals surface area contributed by atoms with E-state index in [-0.39, 0.29) is 36.4 Å². The van der Waals surface area contributed by atoms with E-state index >= 15 is 0 Å². The first-order chi connectivity index (χ1) is 14.5. The topological polar surface area (TPSA) is 75.2 Å². The SMILES string of the molecule is COc1ccc(CCNC(=NCC(=O)N(C)C)NCCc2ccc(OC)cc2)cc1.I. The number of carbonyl (C=O) groups excluding carboxylic acids is 1. The van der Waals surface area contributed by atoms with E-state index in [1.165, 1.54) is 16.0 Å². The van der Waals surface area contributed by atoms with E-state index in [2.05, 4.69) is 15.6 Å². The second-order valence-electron chi connectivity index (χ2n) is 7.00. The molecule has 2 rings (SSSR count). The van der Waals surface area contributed by atoms with Crippen molar-refractivity contribution in [2.75, 3.05) is 47.9 Å². The fraction of sp³-hybridized carbons (Fsp3) is 0.391. The Kier molecular flexibility index (Phi) is 12.4. The first-order valence-electron chi connectivity index (χ1n) is 10.00. The molecule has 8 heteroatoms. The maximum atomic E-state index is 11.9. The molecule has 0 aliphatic rings. The highest BCUT2D eigenvalue weighted by atomic mass is 127. The maximum Gasteiger partial charge on any atom is 0.243 e. The minimum atomic E-state index is -0.0404. The molecule has 7 nitrogen and oxygen atoms in total. The lowest BCUT2D eigenvalue weighted by Gasteiger charge is -2.14. The smallest absolute Gasteiger partial charge is 0.243 e. The summed E-state index contributed by atoms with van der Waals surface area (Å²) in [6.45, 7) is 1.51. The fourth-order valence-electron chi connectivity index (χ4n) is 2.70. The zero-order chi connectivity index (χ0) is 21.8. The number of likely N-dealkylation sites (N-methyl/N-ethyl adjacent to an activating group) is 1. The van der Waals surface area contributed by atoms with E-state index < -0.39 is 0 Å².